The van der Waals surface area contributed by atoms with Crippen LogP contribution in [0.4, 0.5) is 10.2 Å². The van der Waals surface area contributed by atoms with Gasteiger partial charge in [-0.05, 0) is 54.3 Å². The van der Waals surface area contributed by atoms with Gasteiger partial charge in [0.1, 0.15) is 18.0 Å². The van der Waals surface area contributed by atoms with Crippen LogP contribution in [0.5, 0.6) is 0 Å². The molecule has 0 aliphatic heterocycles. The number of nitrogens with one attached hydrogen (secondary N) is 1. The zero-order valence-corrected chi connectivity index (χ0v) is 14.3. The van der Waals surface area contributed by atoms with Crippen molar-refractivity contribution < 1.29 is 12.8 Å². The van der Waals surface area contributed by atoms with Gasteiger partial charge in [0.05, 0.1) is 16.5 Å². The summed E-state index contributed by atoms with van der Waals surface area (Å²) < 4.78 is 37.0. The summed E-state index contributed by atoms with van der Waals surface area (Å²) in [6.45, 7) is 0. The van der Waals surface area contributed by atoms with Crippen LogP contribution < -0.4 is 5.32 Å². The second-order valence-electron chi connectivity index (χ2n) is 6.25. The van der Waals surface area contributed by atoms with Crippen molar-refractivity contribution in [3.8, 4) is 0 Å². The number of fused-ring (bicyclic) bond motifs is 2. The summed E-state index contributed by atoms with van der Waals surface area (Å²) in [7, 11) is -3.32. The molecule has 25 heavy (non-hydrogen) atoms. The molecule has 128 valence electrons. The Kier molecular flexibility index (Phi) is 3.68. The van der Waals surface area contributed by atoms with E-state index in [1.54, 1.807) is 30.3 Å². The van der Waals surface area contributed by atoms with Crippen LogP contribution in [0, 0.1) is 5.82 Å². The summed E-state index contributed by atoms with van der Waals surface area (Å²) in [6, 6.07) is 9.64. The van der Waals surface area contributed by atoms with Gasteiger partial charge < -0.3 is 5.32 Å². The number of benzene rings is 2. The Bertz CT molecular complexity index is 1080. The maximum absolute atomic E-state index is 13.4. The summed E-state index contributed by atoms with van der Waals surface area (Å²) in [5.74, 6) is 0.349. The van der Waals surface area contributed by atoms with Crippen molar-refractivity contribution in [2.24, 2.45) is 0 Å². The van der Waals surface area contributed by atoms with Crippen molar-refractivity contribution in [1.29, 1.82) is 0 Å². The first-order valence-corrected chi connectivity index (χ1v) is 9.80. The molecule has 3 aromatic rings. The molecule has 0 amide bonds. The highest BCUT2D eigenvalue weighted by Crippen LogP contribution is 2.35. The van der Waals surface area contributed by atoms with E-state index in [2.05, 4.69) is 15.3 Å². The third kappa shape index (κ3) is 2.95. The normalized spacial score (nSPS) is 16.8. The first-order valence-electron chi connectivity index (χ1n) is 7.91. The number of nitrogens with zero attached hydrogens (tertiary/aromatic N) is 2. The molecule has 5 nitrogen and oxygen atoms in total. The van der Waals surface area contributed by atoms with Gasteiger partial charge in [0.15, 0.2) is 9.84 Å². The number of rotatable bonds is 3. The highest BCUT2D eigenvalue weighted by molar-refractivity contribution is 7.90. The van der Waals surface area contributed by atoms with E-state index in [-0.39, 0.29) is 16.8 Å². The summed E-state index contributed by atoms with van der Waals surface area (Å²) in [5.41, 5.74) is 2.71. The van der Waals surface area contributed by atoms with Gasteiger partial charge in [-0.15, -0.1) is 0 Å². The quantitative estimate of drug-likeness (QED) is 0.779. The number of hydrogen-bond donors (Lipinski definition) is 1. The molecule has 0 fully saturated rings. The lowest BCUT2D eigenvalue weighted by atomic mass is 10.1. The Morgan fingerprint density at radius 3 is 2.80 bits per heavy atom. The lowest BCUT2D eigenvalue weighted by molar-refractivity contribution is 0.602. The second kappa shape index (κ2) is 5.77. The van der Waals surface area contributed by atoms with Crippen molar-refractivity contribution in [2.45, 2.75) is 23.8 Å². The number of anilines is 1. The minimum atomic E-state index is -3.32. The lowest BCUT2D eigenvalue weighted by Crippen LogP contribution is -2.09. The fraction of sp³-hybridized carbons (Fsp3) is 0.222. The molecule has 0 saturated carbocycles. The maximum atomic E-state index is 13.4. The zero-order chi connectivity index (χ0) is 17.6. The first-order chi connectivity index (χ1) is 11.9. The van der Waals surface area contributed by atoms with Gasteiger partial charge in [0.2, 0.25) is 0 Å². The maximum Gasteiger partial charge on any atom is 0.175 e. The van der Waals surface area contributed by atoms with Gasteiger partial charge in [-0.1, -0.05) is 6.07 Å². The van der Waals surface area contributed by atoms with Gasteiger partial charge >= 0.3 is 0 Å². The molecule has 1 unspecified atom stereocenters. The standard InChI is InChI=1S/C18H16FN3O2S/c1-25(23,24)13-4-7-16-15(9-13)18(21-10-20-16)22-17-6-2-11-8-12(19)3-5-14(11)17/h3-5,7-10,17H,2,6H2,1H3,(H,20,21,22). The SMILES string of the molecule is CS(=O)(=O)c1ccc2ncnc(NC3CCc4cc(F)ccc43)c2c1. The lowest BCUT2D eigenvalue weighted by Gasteiger charge is -2.16. The van der Waals surface area contributed by atoms with Gasteiger partial charge in [0, 0.05) is 11.6 Å². The Labute approximate surface area is 144 Å². The van der Waals surface area contributed by atoms with E-state index in [1.807, 2.05) is 0 Å². The molecular formula is C18H16FN3O2S. The fourth-order valence-electron chi connectivity index (χ4n) is 3.28. The Hall–Kier alpha value is -2.54. The van der Waals surface area contributed by atoms with Crippen molar-refractivity contribution in [2.75, 3.05) is 11.6 Å². The molecule has 7 heteroatoms. The first kappa shape index (κ1) is 16.0. The van der Waals surface area contributed by atoms with E-state index in [1.165, 1.54) is 18.6 Å². The minimum absolute atomic E-state index is 0.00981. The largest absolute Gasteiger partial charge is 0.363 e. The van der Waals surface area contributed by atoms with Gasteiger partial charge in [-0.3, -0.25) is 0 Å². The highest BCUT2D eigenvalue weighted by atomic mass is 32.2. The molecule has 4 rings (SSSR count). The van der Waals surface area contributed by atoms with E-state index in [9.17, 15) is 12.8 Å². The summed E-state index contributed by atoms with van der Waals surface area (Å²) >= 11 is 0. The molecular weight excluding hydrogens is 341 g/mol. The zero-order valence-electron chi connectivity index (χ0n) is 13.5. The van der Waals surface area contributed by atoms with Crippen molar-refractivity contribution >= 4 is 26.6 Å². The Morgan fingerprint density at radius 1 is 1.16 bits per heavy atom. The third-order valence-corrected chi connectivity index (χ3v) is 5.64. The molecule has 1 atom stereocenters. The summed E-state index contributed by atoms with van der Waals surface area (Å²) in [4.78, 5) is 8.72. The number of aryl methyl sites for hydroxylation is 1. The summed E-state index contributed by atoms with van der Waals surface area (Å²) in [6.07, 6.45) is 4.25. The van der Waals surface area contributed by atoms with E-state index < -0.39 is 9.84 Å². The van der Waals surface area contributed by atoms with Crippen molar-refractivity contribution in [1.82, 2.24) is 9.97 Å². The van der Waals surface area contributed by atoms with E-state index in [0.717, 1.165) is 24.0 Å². The van der Waals surface area contributed by atoms with Crippen LogP contribution in [-0.2, 0) is 16.3 Å². The van der Waals surface area contributed by atoms with Crippen LogP contribution in [-0.4, -0.2) is 24.6 Å². The Morgan fingerprint density at radius 2 is 2.00 bits per heavy atom. The van der Waals surface area contributed by atoms with Gasteiger partial charge in [-0.2, -0.15) is 0 Å². The molecule has 0 spiro atoms. The molecule has 1 aliphatic carbocycles. The average Bonchev–Trinajstić information content (AvgIpc) is 2.96. The van der Waals surface area contributed by atoms with Crippen LogP contribution in [0.3, 0.4) is 0 Å². The molecule has 0 radical (unpaired) electrons. The van der Waals surface area contributed by atoms with Crippen LogP contribution in [0.25, 0.3) is 10.9 Å². The van der Waals surface area contributed by atoms with E-state index in [0.29, 0.717) is 16.7 Å². The monoisotopic (exact) mass is 357 g/mol. The minimum Gasteiger partial charge on any atom is -0.363 e. The highest BCUT2D eigenvalue weighted by Gasteiger charge is 2.24. The van der Waals surface area contributed by atoms with Crippen molar-refractivity contribution in [3.05, 3.63) is 59.7 Å². The predicted molar refractivity (Wildman–Crippen MR) is 93.7 cm³/mol. The van der Waals surface area contributed by atoms with Gasteiger partial charge in [-0.25, -0.2) is 22.8 Å². The summed E-state index contributed by atoms with van der Waals surface area (Å²) in [5, 5.41) is 4.02. The molecule has 1 heterocycles. The van der Waals surface area contributed by atoms with Crippen LogP contribution in [0.15, 0.2) is 47.6 Å². The number of halogens is 1. The third-order valence-electron chi connectivity index (χ3n) is 4.53. The van der Waals surface area contributed by atoms with E-state index in [4.69, 9.17) is 0 Å². The predicted octanol–water partition coefficient (Wildman–Crippen LogP) is 3.27. The van der Waals surface area contributed by atoms with Crippen LogP contribution in [0.1, 0.15) is 23.6 Å². The van der Waals surface area contributed by atoms with Crippen LogP contribution in [0.2, 0.25) is 0 Å². The topological polar surface area (TPSA) is 72.0 Å². The number of sulfone groups is 1. The van der Waals surface area contributed by atoms with Gasteiger partial charge in [0.25, 0.3) is 0 Å². The molecule has 2 aromatic carbocycles. The Balaban J connectivity index is 1.76. The van der Waals surface area contributed by atoms with Crippen LogP contribution >= 0.6 is 0 Å². The molecule has 0 saturated heterocycles. The molecule has 0 bridgehead atoms. The average molecular weight is 357 g/mol. The van der Waals surface area contributed by atoms with E-state index >= 15 is 0 Å². The second-order valence-corrected chi connectivity index (χ2v) is 8.27. The molecule has 1 N–H and O–H groups in total. The smallest absolute Gasteiger partial charge is 0.175 e. The molecule has 1 aliphatic rings. The number of aromatic nitrogens is 2. The number of hydrogen-bond acceptors (Lipinski definition) is 5. The fourth-order valence-corrected chi connectivity index (χ4v) is 3.93. The van der Waals surface area contributed by atoms with Crippen molar-refractivity contribution in [3.63, 3.8) is 0 Å². The molecule has 1 aromatic heterocycles.